The molecule has 0 unspecified atom stereocenters. The lowest BCUT2D eigenvalue weighted by molar-refractivity contribution is 0.878. The Balaban J connectivity index is 1.96. The maximum absolute atomic E-state index is 4.28. The first-order chi connectivity index (χ1) is 9.43. The van der Waals surface area contributed by atoms with Crippen molar-refractivity contribution in [1.29, 1.82) is 0 Å². The molecule has 3 rings (SSSR count). The topological polar surface area (TPSA) is 17.8 Å². The molecule has 19 heavy (non-hydrogen) atoms. The molecule has 0 aliphatic rings. The lowest BCUT2D eigenvalue weighted by Crippen LogP contribution is -1.96. The van der Waals surface area contributed by atoms with E-state index in [-0.39, 0.29) is 0 Å². The van der Waals surface area contributed by atoms with Crippen LogP contribution in [0.4, 0.5) is 0 Å². The van der Waals surface area contributed by atoms with Crippen molar-refractivity contribution < 1.29 is 0 Å². The van der Waals surface area contributed by atoms with Crippen LogP contribution in [0.1, 0.15) is 11.1 Å². The highest BCUT2D eigenvalue weighted by Gasteiger charge is 2.00. The molecule has 3 aromatic rings. The number of hydrogen-bond acceptors (Lipinski definition) is 1. The summed E-state index contributed by atoms with van der Waals surface area (Å²) in [5.41, 5.74) is 3.42. The first-order valence-corrected chi connectivity index (χ1v) is 6.26. The molecule has 2 heteroatoms. The van der Waals surface area contributed by atoms with Crippen LogP contribution in [0.15, 0.2) is 73.1 Å². The highest BCUT2D eigenvalue weighted by atomic mass is 15.3. The average molecular weight is 246 g/mol. The third-order valence-corrected chi connectivity index (χ3v) is 2.94. The smallest absolute Gasteiger partial charge is 0.0717 e. The summed E-state index contributed by atoms with van der Waals surface area (Å²) >= 11 is 0. The van der Waals surface area contributed by atoms with E-state index >= 15 is 0 Å². The van der Waals surface area contributed by atoms with Gasteiger partial charge in [-0.05, 0) is 17.7 Å². The largest absolute Gasteiger partial charge is 0.240 e. The minimum atomic E-state index is 1.08. The fourth-order valence-electron chi connectivity index (χ4n) is 2.00. The Morgan fingerprint density at radius 1 is 0.789 bits per heavy atom. The lowest BCUT2D eigenvalue weighted by Gasteiger charge is -2.05. The molecule has 2 aromatic carbocycles. The predicted octanol–water partition coefficient (Wildman–Crippen LogP) is 4.04. The average Bonchev–Trinajstić information content (AvgIpc) is 3.01. The molecule has 1 heterocycles. The van der Waals surface area contributed by atoms with Gasteiger partial charge in [0.15, 0.2) is 0 Å². The molecule has 0 amide bonds. The maximum Gasteiger partial charge on any atom is 0.0717 e. The van der Waals surface area contributed by atoms with E-state index < -0.39 is 0 Å². The van der Waals surface area contributed by atoms with E-state index in [2.05, 4.69) is 41.5 Å². The molecule has 0 aliphatic heterocycles. The van der Waals surface area contributed by atoms with Crippen LogP contribution in [-0.2, 0) is 0 Å². The van der Waals surface area contributed by atoms with Crippen molar-refractivity contribution in [1.82, 2.24) is 9.78 Å². The summed E-state index contributed by atoms with van der Waals surface area (Å²) in [5.74, 6) is 0. The van der Waals surface area contributed by atoms with Crippen LogP contribution in [0.5, 0.6) is 0 Å². The number of rotatable bonds is 3. The number of para-hydroxylation sites is 1. The second kappa shape index (κ2) is 5.36. The summed E-state index contributed by atoms with van der Waals surface area (Å²) in [6.07, 6.45) is 7.97. The van der Waals surface area contributed by atoms with Gasteiger partial charge in [-0.15, -0.1) is 0 Å². The van der Waals surface area contributed by atoms with Crippen molar-refractivity contribution in [2.45, 2.75) is 0 Å². The van der Waals surface area contributed by atoms with Gasteiger partial charge in [0.2, 0.25) is 0 Å². The van der Waals surface area contributed by atoms with Crippen LogP contribution < -0.4 is 0 Å². The van der Waals surface area contributed by atoms with E-state index in [1.54, 1.807) is 6.20 Å². The van der Waals surface area contributed by atoms with Gasteiger partial charge in [0.05, 0.1) is 5.69 Å². The molecule has 0 spiro atoms. The predicted molar refractivity (Wildman–Crippen MR) is 78.9 cm³/mol. The Bertz CT molecular complexity index is 668. The van der Waals surface area contributed by atoms with E-state index in [1.165, 1.54) is 5.56 Å². The van der Waals surface area contributed by atoms with Crippen molar-refractivity contribution in [3.8, 4) is 5.69 Å². The number of hydrogen-bond donors (Lipinski definition) is 0. The van der Waals surface area contributed by atoms with Gasteiger partial charge in [0.1, 0.15) is 0 Å². The van der Waals surface area contributed by atoms with Crippen molar-refractivity contribution in [2.24, 2.45) is 0 Å². The molecule has 92 valence electrons. The highest BCUT2D eigenvalue weighted by molar-refractivity contribution is 5.73. The van der Waals surface area contributed by atoms with Crippen LogP contribution in [0.2, 0.25) is 0 Å². The van der Waals surface area contributed by atoms with Gasteiger partial charge < -0.3 is 0 Å². The third kappa shape index (κ3) is 2.63. The molecule has 0 bridgehead atoms. The molecule has 2 nitrogen and oxygen atoms in total. The zero-order chi connectivity index (χ0) is 12.9. The van der Waals surface area contributed by atoms with E-state index in [0.717, 1.165) is 11.3 Å². The minimum Gasteiger partial charge on any atom is -0.240 e. The summed E-state index contributed by atoms with van der Waals surface area (Å²) in [5, 5.41) is 4.28. The van der Waals surface area contributed by atoms with E-state index in [4.69, 9.17) is 0 Å². The maximum atomic E-state index is 4.28. The lowest BCUT2D eigenvalue weighted by atomic mass is 10.1. The molecular weight excluding hydrogens is 232 g/mol. The monoisotopic (exact) mass is 246 g/mol. The van der Waals surface area contributed by atoms with Gasteiger partial charge >= 0.3 is 0 Å². The molecule has 0 N–H and O–H groups in total. The fraction of sp³-hybridized carbons (Fsp3) is 0. The van der Waals surface area contributed by atoms with Crippen LogP contribution in [0.25, 0.3) is 17.8 Å². The number of benzene rings is 2. The SMILES string of the molecule is C(=C\c1ccccc1-n1cccn1)/c1ccccc1. The van der Waals surface area contributed by atoms with Gasteiger partial charge in [-0.3, -0.25) is 0 Å². The molecule has 0 fully saturated rings. The molecule has 0 radical (unpaired) electrons. The third-order valence-electron chi connectivity index (χ3n) is 2.94. The quantitative estimate of drug-likeness (QED) is 0.638. The first kappa shape index (κ1) is 11.5. The normalized spacial score (nSPS) is 10.9. The molecule has 0 saturated carbocycles. The number of aromatic nitrogens is 2. The molecule has 0 atom stereocenters. The second-order valence-electron chi connectivity index (χ2n) is 4.25. The van der Waals surface area contributed by atoms with E-state index in [0.29, 0.717) is 0 Å². The molecule has 0 aliphatic carbocycles. The molecular formula is C17H14N2. The Morgan fingerprint density at radius 2 is 1.58 bits per heavy atom. The Kier molecular flexibility index (Phi) is 3.24. The van der Waals surface area contributed by atoms with Gasteiger partial charge in [-0.2, -0.15) is 5.10 Å². The van der Waals surface area contributed by atoms with Crippen molar-refractivity contribution in [3.05, 3.63) is 84.2 Å². The Hall–Kier alpha value is -2.61. The van der Waals surface area contributed by atoms with E-state index in [9.17, 15) is 0 Å². The Morgan fingerprint density at radius 3 is 2.37 bits per heavy atom. The van der Waals surface area contributed by atoms with Crippen LogP contribution >= 0.6 is 0 Å². The van der Waals surface area contributed by atoms with Crippen LogP contribution in [0.3, 0.4) is 0 Å². The Labute approximate surface area is 112 Å². The first-order valence-electron chi connectivity index (χ1n) is 6.26. The standard InChI is InChI=1S/C17H14N2/c1-2-7-15(8-3-1)11-12-16-9-4-5-10-17(16)19-14-6-13-18-19/h1-14H/b12-11+. The van der Waals surface area contributed by atoms with Crippen molar-refractivity contribution in [3.63, 3.8) is 0 Å². The summed E-state index contributed by atoms with van der Waals surface area (Å²) in [6, 6.07) is 20.4. The van der Waals surface area contributed by atoms with E-state index in [1.807, 2.05) is 47.3 Å². The molecule has 0 saturated heterocycles. The summed E-state index contributed by atoms with van der Waals surface area (Å²) in [6.45, 7) is 0. The fourth-order valence-corrected chi connectivity index (χ4v) is 2.00. The van der Waals surface area contributed by atoms with Gasteiger partial charge in [-0.1, -0.05) is 60.7 Å². The zero-order valence-corrected chi connectivity index (χ0v) is 10.5. The van der Waals surface area contributed by atoms with Gasteiger partial charge in [0.25, 0.3) is 0 Å². The summed E-state index contributed by atoms with van der Waals surface area (Å²) in [7, 11) is 0. The summed E-state index contributed by atoms with van der Waals surface area (Å²) < 4.78 is 1.88. The molecule has 1 aromatic heterocycles. The number of nitrogens with zero attached hydrogens (tertiary/aromatic N) is 2. The van der Waals surface area contributed by atoms with Crippen LogP contribution in [-0.4, -0.2) is 9.78 Å². The van der Waals surface area contributed by atoms with Crippen LogP contribution in [0, 0.1) is 0 Å². The van der Waals surface area contributed by atoms with Gasteiger partial charge in [0, 0.05) is 18.0 Å². The summed E-state index contributed by atoms with van der Waals surface area (Å²) in [4.78, 5) is 0. The van der Waals surface area contributed by atoms with Gasteiger partial charge in [-0.25, -0.2) is 4.68 Å². The van der Waals surface area contributed by atoms with Crippen molar-refractivity contribution >= 4 is 12.2 Å². The second-order valence-corrected chi connectivity index (χ2v) is 4.25. The highest BCUT2D eigenvalue weighted by Crippen LogP contribution is 2.16. The zero-order valence-electron chi connectivity index (χ0n) is 10.5. The minimum absolute atomic E-state index is 1.08. The van der Waals surface area contributed by atoms with Crippen molar-refractivity contribution in [2.75, 3.05) is 0 Å².